The molecule has 1 heterocycles. The molecule has 0 spiro atoms. The number of hydrogen-bond donors (Lipinski definition) is 1. The molecule has 1 rings (SSSR count). The van der Waals surface area contributed by atoms with E-state index in [0.29, 0.717) is 18.7 Å². The lowest BCUT2D eigenvalue weighted by atomic mass is 9.79. The first-order chi connectivity index (χ1) is 17.2. The first-order valence-corrected chi connectivity index (χ1v) is 15.6. The molecular weight excluding hydrogens is 486 g/mol. The van der Waals surface area contributed by atoms with Crippen molar-refractivity contribution in [3.63, 3.8) is 0 Å². The van der Waals surface area contributed by atoms with Crippen molar-refractivity contribution < 1.29 is 28.2 Å². The Morgan fingerprint density at radius 3 is 2.32 bits per heavy atom. The fourth-order valence-corrected chi connectivity index (χ4v) is 4.58. The third-order valence-corrected chi connectivity index (χ3v) is 11.4. The van der Waals surface area contributed by atoms with E-state index in [2.05, 4.69) is 63.5 Å². The molecule has 7 nitrogen and oxygen atoms in total. The van der Waals surface area contributed by atoms with Crippen molar-refractivity contribution in [2.45, 2.75) is 90.8 Å². The first-order valence-electron chi connectivity index (χ1n) is 12.7. The van der Waals surface area contributed by atoms with Crippen LogP contribution in [0.1, 0.15) is 64.3 Å². The van der Waals surface area contributed by atoms with Gasteiger partial charge in [-0.2, -0.15) is 0 Å². The molecule has 0 saturated carbocycles. The summed E-state index contributed by atoms with van der Waals surface area (Å²) in [6.07, 6.45) is 16.7. The zero-order valence-electron chi connectivity index (χ0n) is 24.3. The predicted molar refractivity (Wildman–Crippen MR) is 151 cm³/mol. The summed E-state index contributed by atoms with van der Waals surface area (Å²) < 4.78 is 22.1. The second-order valence-electron chi connectivity index (χ2n) is 11.2. The van der Waals surface area contributed by atoms with Gasteiger partial charge >= 0.3 is 5.97 Å². The number of aliphatic hydroxyl groups is 1. The fraction of sp³-hybridized carbons (Fsp3) is 0.586. The predicted octanol–water partition coefficient (Wildman–Crippen LogP) is 6.43. The van der Waals surface area contributed by atoms with Crippen LogP contribution in [0.2, 0.25) is 18.1 Å². The fourth-order valence-electron chi connectivity index (χ4n) is 3.21. The van der Waals surface area contributed by atoms with E-state index in [9.17, 15) is 9.90 Å². The van der Waals surface area contributed by atoms with E-state index in [4.69, 9.17) is 13.6 Å². The lowest BCUT2D eigenvalue weighted by Crippen LogP contribution is -2.50. The largest absolute Gasteiger partial charge is 0.464 e. The molecule has 37 heavy (non-hydrogen) atoms. The first kappa shape index (κ1) is 32.8. The Bertz CT molecular complexity index is 952. The summed E-state index contributed by atoms with van der Waals surface area (Å²) in [7, 11) is 0.898. The van der Waals surface area contributed by atoms with E-state index in [1.165, 1.54) is 13.4 Å². The van der Waals surface area contributed by atoms with Crippen LogP contribution >= 0.6 is 0 Å². The summed E-state index contributed by atoms with van der Waals surface area (Å²) in [6.45, 7) is 17.3. The number of methoxy groups -OCH3 is 2. The SMILES string of the molecule is C/C=C/C(O[Si](C)(C)C(C)(C)C)C(C)(C)C(O)C\C=C/C=C\C=C\C(Cc1nc(C(=O)OC)co1)OC. The molecule has 0 aliphatic rings. The summed E-state index contributed by atoms with van der Waals surface area (Å²) >= 11 is 0. The van der Waals surface area contributed by atoms with Crippen molar-refractivity contribution in [2.75, 3.05) is 14.2 Å². The van der Waals surface area contributed by atoms with E-state index >= 15 is 0 Å². The topological polar surface area (TPSA) is 91.0 Å². The molecule has 0 amide bonds. The zero-order valence-corrected chi connectivity index (χ0v) is 25.3. The van der Waals surface area contributed by atoms with Gasteiger partial charge in [0, 0.05) is 12.5 Å². The minimum Gasteiger partial charge on any atom is -0.464 e. The number of esters is 1. The van der Waals surface area contributed by atoms with Gasteiger partial charge in [-0.15, -0.1) is 0 Å². The quantitative estimate of drug-likeness (QED) is 0.127. The number of oxazole rings is 1. The van der Waals surface area contributed by atoms with Crippen molar-refractivity contribution in [3.05, 3.63) is 66.5 Å². The number of ether oxygens (including phenoxy) is 2. The molecule has 0 aliphatic heterocycles. The number of carbonyl (C=O) groups excluding carboxylic acids is 1. The van der Waals surface area contributed by atoms with Crippen LogP contribution in [0.15, 0.2) is 59.3 Å². The summed E-state index contributed by atoms with van der Waals surface area (Å²) in [5.41, 5.74) is -0.315. The van der Waals surface area contributed by atoms with Gasteiger partial charge in [-0.3, -0.25) is 0 Å². The number of aromatic nitrogens is 1. The molecule has 8 heteroatoms. The van der Waals surface area contributed by atoms with Gasteiger partial charge in [-0.1, -0.05) is 83.2 Å². The maximum atomic E-state index is 11.5. The van der Waals surface area contributed by atoms with Crippen LogP contribution in [0.4, 0.5) is 0 Å². The van der Waals surface area contributed by atoms with Crippen LogP contribution in [0.25, 0.3) is 0 Å². The van der Waals surface area contributed by atoms with Gasteiger partial charge in [0.25, 0.3) is 0 Å². The maximum Gasteiger partial charge on any atom is 0.360 e. The van der Waals surface area contributed by atoms with Crippen molar-refractivity contribution >= 4 is 14.3 Å². The Kier molecular flexibility index (Phi) is 12.9. The summed E-state index contributed by atoms with van der Waals surface area (Å²) in [5, 5.41) is 11.1. The van der Waals surface area contributed by atoms with Crippen LogP contribution in [-0.2, 0) is 20.3 Å². The molecule has 0 aliphatic carbocycles. The Balaban J connectivity index is 2.69. The number of carbonyl (C=O) groups is 1. The monoisotopic (exact) mass is 533 g/mol. The van der Waals surface area contributed by atoms with Gasteiger partial charge in [-0.05, 0) is 31.5 Å². The Labute approximate surface area is 224 Å². The van der Waals surface area contributed by atoms with Crippen LogP contribution in [0.3, 0.4) is 0 Å². The zero-order chi connectivity index (χ0) is 28.3. The van der Waals surface area contributed by atoms with E-state index in [1.807, 2.05) is 49.5 Å². The standard InChI is InChI=1S/C29H47NO6Si/c1-11-17-25(36-37(9,10)28(2,3)4)29(5,6)24(31)19-16-14-12-13-15-18-22(33-7)20-26-30-23(21-35-26)27(32)34-8/h11-18,21-22,24-25,31H,19-20H2,1-10H3/b13-12-,16-14-,17-11+,18-15+. The van der Waals surface area contributed by atoms with Crippen LogP contribution in [-0.4, -0.2) is 56.9 Å². The highest BCUT2D eigenvalue weighted by Gasteiger charge is 2.44. The second-order valence-corrected chi connectivity index (χ2v) is 15.9. The highest BCUT2D eigenvalue weighted by atomic mass is 28.4. The molecule has 1 aromatic heterocycles. The van der Waals surface area contributed by atoms with E-state index < -0.39 is 25.8 Å². The van der Waals surface area contributed by atoms with Gasteiger partial charge in [0.05, 0.1) is 31.8 Å². The van der Waals surface area contributed by atoms with Crippen molar-refractivity contribution in [2.24, 2.45) is 5.41 Å². The molecular formula is C29H47NO6Si. The Hall–Kier alpha value is -2.26. The summed E-state index contributed by atoms with van der Waals surface area (Å²) in [6, 6.07) is 0. The normalized spacial score (nSPS) is 16.3. The molecule has 0 aromatic carbocycles. The number of hydrogen-bond acceptors (Lipinski definition) is 7. The van der Waals surface area contributed by atoms with Crippen molar-refractivity contribution in [3.8, 4) is 0 Å². The third-order valence-electron chi connectivity index (χ3n) is 6.97. The van der Waals surface area contributed by atoms with Crippen molar-refractivity contribution in [1.82, 2.24) is 4.98 Å². The Morgan fingerprint density at radius 2 is 1.76 bits per heavy atom. The summed E-state index contributed by atoms with van der Waals surface area (Å²) in [5.74, 6) is -0.144. The minimum absolute atomic E-state index is 0.0916. The average Bonchev–Trinajstić information content (AvgIpc) is 3.29. The van der Waals surface area contributed by atoms with Gasteiger partial charge in [0.15, 0.2) is 19.9 Å². The third kappa shape index (κ3) is 10.2. The lowest BCUT2D eigenvalue weighted by Gasteiger charge is -2.44. The number of rotatable bonds is 14. The molecule has 1 aromatic rings. The number of nitrogens with zero attached hydrogens (tertiary/aromatic N) is 1. The lowest BCUT2D eigenvalue weighted by molar-refractivity contribution is -0.0180. The van der Waals surface area contributed by atoms with Crippen LogP contribution in [0, 0.1) is 5.41 Å². The molecule has 0 saturated heterocycles. The molecule has 0 radical (unpaired) electrons. The molecule has 3 unspecified atom stereocenters. The van der Waals surface area contributed by atoms with Crippen LogP contribution < -0.4 is 0 Å². The van der Waals surface area contributed by atoms with Gasteiger partial charge in [0.2, 0.25) is 0 Å². The smallest absolute Gasteiger partial charge is 0.360 e. The Morgan fingerprint density at radius 1 is 1.11 bits per heavy atom. The molecule has 0 bridgehead atoms. The second kappa shape index (κ2) is 14.6. The number of aliphatic hydroxyl groups excluding tert-OH is 1. The van der Waals surface area contributed by atoms with E-state index in [1.54, 1.807) is 7.11 Å². The highest BCUT2D eigenvalue weighted by Crippen LogP contribution is 2.41. The highest BCUT2D eigenvalue weighted by molar-refractivity contribution is 6.74. The summed E-state index contributed by atoms with van der Waals surface area (Å²) in [4.78, 5) is 15.6. The molecule has 3 atom stereocenters. The maximum absolute atomic E-state index is 11.5. The molecule has 0 fully saturated rings. The average molecular weight is 534 g/mol. The van der Waals surface area contributed by atoms with E-state index in [0.717, 1.165) is 0 Å². The molecule has 1 N–H and O–H groups in total. The van der Waals surface area contributed by atoms with Gasteiger partial charge in [-0.25, -0.2) is 9.78 Å². The van der Waals surface area contributed by atoms with E-state index in [-0.39, 0.29) is 22.9 Å². The molecule has 208 valence electrons. The van der Waals surface area contributed by atoms with Gasteiger partial charge in [0.1, 0.15) is 6.26 Å². The van der Waals surface area contributed by atoms with Crippen LogP contribution in [0.5, 0.6) is 0 Å². The van der Waals surface area contributed by atoms with Gasteiger partial charge < -0.3 is 23.4 Å². The minimum atomic E-state index is -2.00. The van der Waals surface area contributed by atoms with Crippen molar-refractivity contribution in [1.29, 1.82) is 0 Å². The number of allylic oxidation sites excluding steroid dienone is 5.